The highest BCUT2D eigenvalue weighted by Crippen LogP contribution is 2.19. The molecule has 0 fully saturated rings. The van der Waals surface area contributed by atoms with Crippen LogP contribution in [0.2, 0.25) is 0 Å². The Bertz CT molecular complexity index is 265. The van der Waals surface area contributed by atoms with Gasteiger partial charge in [-0.25, -0.2) is 0 Å². The lowest BCUT2D eigenvalue weighted by Crippen LogP contribution is -1.97. The first-order chi connectivity index (χ1) is 6.72. The van der Waals surface area contributed by atoms with Gasteiger partial charge >= 0.3 is 0 Å². The summed E-state index contributed by atoms with van der Waals surface area (Å²) in [6.45, 7) is 4.05. The van der Waals surface area contributed by atoms with Gasteiger partial charge in [0.25, 0.3) is 5.22 Å². The van der Waals surface area contributed by atoms with Crippen molar-refractivity contribution in [2.24, 2.45) is 5.92 Å². The van der Waals surface area contributed by atoms with Gasteiger partial charge in [-0.05, 0) is 24.5 Å². The van der Waals surface area contributed by atoms with Crippen molar-refractivity contribution in [1.29, 1.82) is 0 Å². The Hall–Kier alpha value is -0.160. The van der Waals surface area contributed by atoms with Gasteiger partial charge in [0, 0.05) is 12.7 Å². The summed E-state index contributed by atoms with van der Waals surface area (Å²) in [5.74, 6) is 3.36. The second-order valence-corrected chi connectivity index (χ2v) is 4.83. The van der Waals surface area contributed by atoms with Crippen LogP contribution in [0.4, 0.5) is 0 Å². The van der Waals surface area contributed by atoms with E-state index in [9.17, 15) is 0 Å². The fourth-order valence-corrected chi connectivity index (χ4v) is 2.46. The number of thiol groups is 1. The molecule has 0 amide bonds. The first kappa shape index (κ1) is 11.9. The zero-order valence-electron chi connectivity index (χ0n) is 8.56. The molecule has 0 saturated carbocycles. The molecule has 1 unspecified atom stereocenters. The molecule has 0 spiro atoms. The monoisotopic (exact) mass is 232 g/mol. The summed E-state index contributed by atoms with van der Waals surface area (Å²) < 4.78 is 5.25. The second kappa shape index (κ2) is 6.35. The zero-order valence-corrected chi connectivity index (χ0v) is 10.3. The Morgan fingerprint density at radius 3 is 2.79 bits per heavy atom. The van der Waals surface area contributed by atoms with Crippen molar-refractivity contribution in [2.45, 2.75) is 31.9 Å². The lowest BCUT2D eigenvalue weighted by molar-refractivity contribution is 0.428. The lowest BCUT2D eigenvalue weighted by Gasteiger charge is -2.06. The van der Waals surface area contributed by atoms with Crippen LogP contribution in [0, 0.1) is 12.8 Å². The fraction of sp³-hybridized carbons (Fsp3) is 0.778. The van der Waals surface area contributed by atoms with E-state index >= 15 is 0 Å². The summed E-state index contributed by atoms with van der Waals surface area (Å²) in [5, 5.41) is 8.37. The molecule has 0 N–H and O–H groups in total. The van der Waals surface area contributed by atoms with Gasteiger partial charge in [0.2, 0.25) is 5.89 Å². The molecule has 1 aromatic rings. The molecule has 0 aliphatic heterocycles. The maximum absolute atomic E-state index is 5.25. The van der Waals surface area contributed by atoms with Gasteiger partial charge in [-0.3, -0.25) is 0 Å². The van der Waals surface area contributed by atoms with E-state index in [-0.39, 0.29) is 0 Å². The predicted molar refractivity (Wildman–Crippen MR) is 62.0 cm³/mol. The summed E-state index contributed by atoms with van der Waals surface area (Å²) in [4.78, 5) is 0. The number of nitrogens with zero attached hydrogens (tertiary/aromatic N) is 2. The Kier molecular flexibility index (Phi) is 5.40. The number of hydrogen-bond acceptors (Lipinski definition) is 5. The normalized spacial score (nSPS) is 13.1. The van der Waals surface area contributed by atoms with Gasteiger partial charge in [0.1, 0.15) is 0 Å². The highest BCUT2D eigenvalue weighted by molar-refractivity contribution is 7.99. The third-order valence-corrected chi connectivity index (χ3v) is 3.08. The molecule has 0 bridgehead atoms. The maximum atomic E-state index is 5.25. The van der Waals surface area contributed by atoms with Crippen LogP contribution in [0.25, 0.3) is 0 Å². The van der Waals surface area contributed by atoms with Gasteiger partial charge < -0.3 is 4.42 Å². The molecule has 0 aliphatic carbocycles. The second-order valence-electron chi connectivity index (χ2n) is 3.34. The Morgan fingerprint density at radius 1 is 1.43 bits per heavy atom. The number of aromatic nitrogens is 2. The molecule has 3 nitrogen and oxygen atoms in total. The van der Waals surface area contributed by atoms with Gasteiger partial charge in [0.05, 0.1) is 0 Å². The molecule has 0 aliphatic rings. The van der Waals surface area contributed by atoms with Gasteiger partial charge in [-0.1, -0.05) is 18.7 Å². The van der Waals surface area contributed by atoms with Crippen LogP contribution in [0.5, 0.6) is 0 Å². The van der Waals surface area contributed by atoms with Crippen LogP contribution in [0.15, 0.2) is 9.64 Å². The van der Waals surface area contributed by atoms with Gasteiger partial charge in [0.15, 0.2) is 0 Å². The van der Waals surface area contributed by atoms with Crippen molar-refractivity contribution in [2.75, 3.05) is 11.5 Å². The topological polar surface area (TPSA) is 38.9 Å². The van der Waals surface area contributed by atoms with Crippen LogP contribution >= 0.6 is 24.4 Å². The third-order valence-electron chi connectivity index (χ3n) is 1.97. The molecule has 1 atom stereocenters. The van der Waals surface area contributed by atoms with Crippen LogP contribution in [-0.2, 0) is 0 Å². The molecule has 0 aromatic carbocycles. The molecule has 0 radical (unpaired) electrons. The van der Waals surface area contributed by atoms with Gasteiger partial charge in [-0.15, -0.1) is 10.2 Å². The lowest BCUT2D eigenvalue weighted by atomic mass is 10.1. The number of rotatable bonds is 6. The first-order valence-corrected chi connectivity index (χ1v) is 6.38. The molecule has 0 saturated heterocycles. The van der Waals surface area contributed by atoms with Crippen LogP contribution < -0.4 is 0 Å². The average molecular weight is 232 g/mol. The number of hydrogen-bond donors (Lipinski definition) is 1. The minimum Gasteiger partial charge on any atom is -0.416 e. The fourth-order valence-electron chi connectivity index (χ4n) is 1.05. The van der Waals surface area contributed by atoms with Crippen molar-refractivity contribution >= 4 is 24.4 Å². The van der Waals surface area contributed by atoms with E-state index in [1.807, 2.05) is 0 Å². The number of thioether (sulfide) groups is 1. The minimum absolute atomic E-state index is 0.635. The van der Waals surface area contributed by atoms with E-state index in [2.05, 4.69) is 29.7 Å². The standard InChI is InChI=1S/C9H16N2OS2/c1-7(3-5-13)4-6-14-9-11-10-8(2)12-9/h7,13H,3-6H2,1-2H3. The van der Waals surface area contributed by atoms with E-state index < -0.39 is 0 Å². The number of aryl methyl sites for hydroxylation is 1. The largest absolute Gasteiger partial charge is 0.416 e. The van der Waals surface area contributed by atoms with Crippen molar-refractivity contribution < 1.29 is 4.42 Å². The Balaban J connectivity index is 2.15. The van der Waals surface area contributed by atoms with E-state index in [0.717, 1.165) is 17.4 Å². The van der Waals surface area contributed by atoms with Crippen molar-refractivity contribution in [3.05, 3.63) is 5.89 Å². The molecular formula is C9H16N2OS2. The molecule has 1 aromatic heterocycles. The quantitative estimate of drug-likeness (QED) is 0.604. The van der Waals surface area contributed by atoms with Gasteiger partial charge in [-0.2, -0.15) is 12.6 Å². The van der Waals surface area contributed by atoms with Crippen LogP contribution in [0.3, 0.4) is 0 Å². The van der Waals surface area contributed by atoms with Crippen molar-refractivity contribution in [1.82, 2.24) is 10.2 Å². The molecule has 5 heteroatoms. The van der Waals surface area contributed by atoms with Crippen molar-refractivity contribution in [3.8, 4) is 0 Å². The average Bonchev–Trinajstić information content (AvgIpc) is 2.52. The summed E-state index contributed by atoms with van der Waals surface area (Å²) in [5.41, 5.74) is 0. The highest BCUT2D eigenvalue weighted by atomic mass is 32.2. The van der Waals surface area contributed by atoms with E-state index in [1.165, 1.54) is 12.8 Å². The molecule has 1 rings (SSSR count). The highest BCUT2D eigenvalue weighted by Gasteiger charge is 2.05. The molecule has 80 valence electrons. The smallest absolute Gasteiger partial charge is 0.276 e. The molecule has 1 heterocycles. The molecule has 14 heavy (non-hydrogen) atoms. The molecular weight excluding hydrogens is 216 g/mol. The Labute approximate surface area is 94.5 Å². The predicted octanol–water partition coefficient (Wildman–Crippen LogP) is 2.82. The maximum Gasteiger partial charge on any atom is 0.276 e. The summed E-state index contributed by atoms with van der Waals surface area (Å²) in [6, 6.07) is 0. The summed E-state index contributed by atoms with van der Waals surface area (Å²) in [6.07, 6.45) is 2.35. The Morgan fingerprint density at radius 2 is 2.21 bits per heavy atom. The van der Waals surface area contributed by atoms with Crippen molar-refractivity contribution in [3.63, 3.8) is 0 Å². The van der Waals surface area contributed by atoms with Crippen LogP contribution in [-0.4, -0.2) is 21.7 Å². The summed E-state index contributed by atoms with van der Waals surface area (Å²) >= 11 is 5.84. The SMILES string of the molecule is Cc1nnc(SCCC(C)CCS)o1. The van der Waals surface area contributed by atoms with E-state index in [1.54, 1.807) is 18.7 Å². The first-order valence-electron chi connectivity index (χ1n) is 4.76. The zero-order chi connectivity index (χ0) is 10.4. The van der Waals surface area contributed by atoms with E-state index in [0.29, 0.717) is 11.1 Å². The van der Waals surface area contributed by atoms with E-state index in [4.69, 9.17) is 4.42 Å². The summed E-state index contributed by atoms with van der Waals surface area (Å²) in [7, 11) is 0. The third kappa shape index (κ3) is 4.37. The minimum atomic E-state index is 0.635. The van der Waals surface area contributed by atoms with Crippen LogP contribution in [0.1, 0.15) is 25.7 Å².